The van der Waals surface area contributed by atoms with Crippen molar-refractivity contribution in [2.75, 3.05) is 31.1 Å². The Balaban J connectivity index is 1.51. The maximum Gasteiger partial charge on any atom is 0.265 e. The van der Waals surface area contributed by atoms with Crippen LogP contribution in [0, 0.1) is 0 Å². The van der Waals surface area contributed by atoms with Crippen molar-refractivity contribution in [3.8, 4) is 22.6 Å². The Morgan fingerprint density at radius 3 is 2.41 bits per heavy atom. The van der Waals surface area contributed by atoms with Gasteiger partial charge in [-0.1, -0.05) is 50.2 Å². The molecular formula is C26H28N2O5S. The van der Waals surface area contributed by atoms with Crippen molar-refractivity contribution in [3.63, 3.8) is 0 Å². The first-order valence-electron chi connectivity index (χ1n) is 11.1. The molecule has 1 amide bonds. The molecule has 0 unspecified atom stereocenters. The van der Waals surface area contributed by atoms with Crippen molar-refractivity contribution in [2.45, 2.75) is 24.7 Å². The van der Waals surface area contributed by atoms with E-state index < -0.39 is 15.9 Å². The maximum absolute atomic E-state index is 13.4. The minimum atomic E-state index is -3.88. The summed E-state index contributed by atoms with van der Waals surface area (Å²) in [5.41, 5.74) is 3.07. The van der Waals surface area contributed by atoms with E-state index in [2.05, 4.69) is 19.2 Å². The number of nitrogens with zero attached hydrogens (tertiary/aromatic N) is 1. The molecule has 8 heteroatoms. The molecule has 1 aliphatic rings. The molecule has 1 heterocycles. The smallest absolute Gasteiger partial charge is 0.265 e. The number of carbonyl (C=O) groups is 1. The van der Waals surface area contributed by atoms with Gasteiger partial charge >= 0.3 is 0 Å². The molecule has 0 bridgehead atoms. The fraction of sp³-hybridized carbons (Fsp3) is 0.269. The summed E-state index contributed by atoms with van der Waals surface area (Å²) in [7, 11) is -2.32. The zero-order valence-corrected chi connectivity index (χ0v) is 20.3. The average Bonchev–Trinajstić information content (AvgIpc) is 2.84. The van der Waals surface area contributed by atoms with E-state index in [1.807, 2.05) is 36.4 Å². The summed E-state index contributed by atoms with van der Waals surface area (Å²) in [6.45, 7) is 4.30. The number of amides is 1. The molecule has 0 fully saturated rings. The monoisotopic (exact) mass is 480 g/mol. The molecule has 0 saturated carbocycles. The number of benzene rings is 3. The third-order valence-corrected chi connectivity index (χ3v) is 7.56. The predicted molar refractivity (Wildman–Crippen MR) is 132 cm³/mol. The Bertz CT molecular complexity index is 1300. The summed E-state index contributed by atoms with van der Waals surface area (Å²) < 4.78 is 38.9. The van der Waals surface area contributed by atoms with Crippen LogP contribution in [-0.2, 0) is 14.8 Å². The number of anilines is 1. The van der Waals surface area contributed by atoms with Crippen molar-refractivity contribution in [2.24, 2.45) is 0 Å². The van der Waals surface area contributed by atoms with Gasteiger partial charge in [-0.2, -0.15) is 0 Å². The van der Waals surface area contributed by atoms with E-state index in [1.54, 1.807) is 37.4 Å². The van der Waals surface area contributed by atoms with Crippen LogP contribution < -0.4 is 19.1 Å². The molecule has 4 rings (SSSR count). The zero-order chi connectivity index (χ0) is 24.3. The van der Waals surface area contributed by atoms with Crippen LogP contribution in [0.3, 0.4) is 0 Å². The lowest BCUT2D eigenvalue weighted by Gasteiger charge is -2.32. The van der Waals surface area contributed by atoms with Gasteiger partial charge in [-0.3, -0.25) is 9.10 Å². The lowest BCUT2D eigenvalue weighted by Crippen LogP contribution is -2.43. The third-order valence-electron chi connectivity index (χ3n) is 5.74. The maximum atomic E-state index is 13.4. The molecule has 0 saturated heterocycles. The van der Waals surface area contributed by atoms with E-state index in [1.165, 1.54) is 4.31 Å². The molecule has 0 atom stereocenters. The number of hydrogen-bond donors (Lipinski definition) is 1. The second-order valence-corrected chi connectivity index (χ2v) is 10.1. The molecule has 1 aliphatic heterocycles. The van der Waals surface area contributed by atoms with Gasteiger partial charge in [0.05, 0.1) is 24.2 Å². The highest BCUT2D eigenvalue weighted by Gasteiger charge is 2.36. The van der Waals surface area contributed by atoms with Crippen LogP contribution in [-0.4, -0.2) is 41.1 Å². The van der Waals surface area contributed by atoms with Gasteiger partial charge in [0.1, 0.15) is 13.2 Å². The summed E-state index contributed by atoms with van der Waals surface area (Å²) in [6.07, 6.45) is 0. The van der Waals surface area contributed by atoms with Gasteiger partial charge in [0.15, 0.2) is 11.5 Å². The zero-order valence-electron chi connectivity index (χ0n) is 19.4. The van der Waals surface area contributed by atoms with Crippen molar-refractivity contribution >= 4 is 21.6 Å². The van der Waals surface area contributed by atoms with Crippen molar-refractivity contribution < 1.29 is 22.7 Å². The summed E-state index contributed by atoms with van der Waals surface area (Å²) in [6, 6.07) is 19.9. The predicted octanol–water partition coefficient (Wildman–Crippen LogP) is 4.19. The molecule has 0 radical (unpaired) electrons. The Hall–Kier alpha value is -3.52. The largest absolute Gasteiger partial charge is 0.493 e. The Kier molecular flexibility index (Phi) is 6.79. The highest BCUT2D eigenvalue weighted by atomic mass is 32.2. The first-order chi connectivity index (χ1) is 16.3. The highest BCUT2D eigenvalue weighted by molar-refractivity contribution is 7.93. The van der Waals surface area contributed by atoms with E-state index in [0.29, 0.717) is 22.7 Å². The van der Waals surface area contributed by atoms with Gasteiger partial charge in [-0.15, -0.1) is 0 Å². The lowest BCUT2D eigenvalue weighted by molar-refractivity contribution is -0.119. The summed E-state index contributed by atoms with van der Waals surface area (Å²) in [5, 5.41) is 2.75. The number of methoxy groups -OCH3 is 1. The molecule has 7 nitrogen and oxygen atoms in total. The van der Waals surface area contributed by atoms with E-state index >= 15 is 0 Å². The van der Waals surface area contributed by atoms with Gasteiger partial charge in [-0.05, 0) is 41.8 Å². The second-order valence-electron chi connectivity index (χ2n) is 8.29. The number of carbonyl (C=O) groups excluding carboxylic acids is 1. The number of ether oxygens (including phenoxy) is 2. The minimum Gasteiger partial charge on any atom is -0.493 e. The average molecular weight is 481 g/mol. The van der Waals surface area contributed by atoms with Crippen LogP contribution in [0.1, 0.15) is 25.3 Å². The molecule has 0 spiro atoms. The summed E-state index contributed by atoms with van der Waals surface area (Å²) >= 11 is 0. The molecule has 1 N–H and O–H groups in total. The summed E-state index contributed by atoms with van der Waals surface area (Å²) in [4.78, 5) is 12.9. The lowest BCUT2D eigenvalue weighted by atomic mass is 9.95. The third kappa shape index (κ3) is 4.59. The summed E-state index contributed by atoms with van der Waals surface area (Å²) in [5.74, 6) is 1.05. The quantitative estimate of drug-likeness (QED) is 0.489. The van der Waals surface area contributed by atoms with Gasteiger partial charge in [0.2, 0.25) is 5.91 Å². The van der Waals surface area contributed by atoms with E-state index in [-0.39, 0.29) is 30.5 Å². The molecule has 34 heavy (non-hydrogen) atoms. The second kappa shape index (κ2) is 9.77. The number of rotatable bonds is 8. The van der Waals surface area contributed by atoms with Crippen molar-refractivity contribution in [1.29, 1.82) is 0 Å². The molecule has 3 aromatic rings. The van der Waals surface area contributed by atoms with E-state index in [9.17, 15) is 13.2 Å². The fourth-order valence-electron chi connectivity index (χ4n) is 3.95. The SMILES string of the molecule is COc1ccccc1OCCNC(=O)CN1c2ccc(C(C)C)cc2-c2ccccc2S1(=O)=O. The van der Waals surface area contributed by atoms with Crippen LogP contribution in [0.5, 0.6) is 11.5 Å². The van der Waals surface area contributed by atoms with Gasteiger partial charge in [0, 0.05) is 11.1 Å². The van der Waals surface area contributed by atoms with Gasteiger partial charge in [0.25, 0.3) is 10.0 Å². The number of fused-ring (bicyclic) bond motifs is 3. The topological polar surface area (TPSA) is 84.9 Å². The van der Waals surface area contributed by atoms with Crippen LogP contribution in [0.25, 0.3) is 11.1 Å². The highest BCUT2D eigenvalue weighted by Crippen LogP contribution is 2.43. The van der Waals surface area contributed by atoms with Crippen LogP contribution >= 0.6 is 0 Å². The molecule has 178 valence electrons. The first-order valence-corrected chi connectivity index (χ1v) is 12.6. The van der Waals surface area contributed by atoms with E-state index in [0.717, 1.165) is 11.1 Å². The Morgan fingerprint density at radius 2 is 1.68 bits per heavy atom. The number of sulfonamides is 1. The van der Waals surface area contributed by atoms with Crippen LogP contribution in [0.15, 0.2) is 71.6 Å². The molecule has 3 aromatic carbocycles. The Morgan fingerprint density at radius 1 is 0.971 bits per heavy atom. The Labute approximate surface area is 200 Å². The first kappa shape index (κ1) is 23.6. The molecule has 0 aromatic heterocycles. The number of para-hydroxylation sites is 2. The minimum absolute atomic E-state index is 0.204. The standard InChI is InChI=1S/C26H28N2O5S/c1-18(2)19-12-13-22-21(16-19)20-8-4-7-11-25(20)34(30,31)28(22)17-26(29)27-14-15-33-24-10-6-5-9-23(24)32-3/h4-13,16,18H,14-15,17H2,1-3H3,(H,27,29). The van der Waals surface area contributed by atoms with Crippen LogP contribution in [0.4, 0.5) is 5.69 Å². The van der Waals surface area contributed by atoms with Crippen LogP contribution in [0.2, 0.25) is 0 Å². The van der Waals surface area contributed by atoms with E-state index in [4.69, 9.17) is 9.47 Å². The van der Waals surface area contributed by atoms with Crippen molar-refractivity contribution in [3.05, 3.63) is 72.3 Å². The fourth-order valence-corrected chi connectivity index (χ4v) is 5.60. The number of hydrogen-bond acceptors (Lipinski definition) is 5. The normalized spacial score (nSPS) is 13.7. The van der Waals surface area contributed by atoms with Gasteiger partial charge < -0.3 is 14.8 Å². The molecule has 0 aliphatic carbocycles. The molecular weight excluding hydrogens is 452 g/mol. The van der Waals surface area contributed by atoms with Gasteiger partial charge in [-0.25, -0.2) is 8.42 Å². The van der Waals surface area contributed by atoms with Crippen molar-refractivity contribution in [1.82, 2.24) is 5.32 Å². The number of nitrogens with one attached hydrogen (secondary N) is 1.